The van der Waals surface area contributed by atoms with Gasteiger partial charge in [0.1, 0.15) is 5.37 Å². The number of halogens is 1. The van der Waals surface area contributed by atoms with Gasteiger partial charge in [0.05, 0.1) is 5.33 Å². The van der Waals surface area contributed by atoms with Crippen molar-refractivity contribution in [3.05, 3.63) is 22.8 Å². The molecule has 5 heteroatoms. The van der Waals surface area contributed by atoms with E-state index in [1.165, 1.54) is 11.8 Å². The van der Waals surface area contributed by atoms with Crippen LogP contribution in [0.2, 0.25) is 0 Å². The zero-order chi connectivity index (χ0) is 10.1. The number of allylic oxidation sites excluding steroid dienone is 3. The first-order chi connectivity index (χ1) is 6.70. The van der Waals surface area contributed by atoms with E-state index in [-0.39, 0.29) is 16.9 Å². The van der Waals surface area contributed by atoms with Crippen molar-refractivity contribution in [3.8, 4) is 0 Å². The maximum absolute atomic E-state index is 11.4. The van der Waals surface area contributed by atoms with Crippen LogP contribution in [-0.4, -0.2) is 22.3 Å². The summed E-state index contributed by atoms with van der Waals surface area (Å²) < 4.78 is 0. The van der Waals surface area contributed by atoms with Gasteiger partial charge in [0.15, 0.2) is 11.6 Å². The van der Waals surface area contributed by atoms with Crippen LogP contribution in [0.5, 0.6) is 0 Å². The number of thioether (sulfide) groups is 1. The second-order valence-electron chi connectivity index (χ2n) is 3.06. The summed E-state index contributed by atoms with van der Waals surface area (Å²) in [5.74, 6) is 0.204. The smallest absolute Gasteiger partial charge is 0.176 e. The first-order valence-corrected chi connectivity index (χ1v) is 6.17. The molecular weight excluding hydrogens is 266 g/mol. The normalized spacial score (nSPS) is 24.9. The van der Waals surface area contributed by atoms with E-state index in [0.717, 1.165) is 10.6 Å². The lowest BCUT2D eigenvalue weighted by Crippen LogP contribution is -2.29. The van der Waals surface area contributed by atoms with Gasteiger partial charge in [-0.1, -0.05) is 27.7 Å². The van der Waals surface area contributed by atoms with Crippen molar-refractivity contribution in [2.45, 2.75) is 11.8 Å². The number of Topliss-reactive ketones (excluding diaryl/α,β-unsaturated/α-hetero) is 1. The van der Waals surface area contributed by atoms with Gasteiger partial charge in [0.2, 0.25) is 0 Å². The predicted octanol–water partition coefficient (Wildman–Crippen LogP) is 1.35. The molecule has 0 saturated carbocycles. The summed E-state index contributed by atoms with van der Waals surface area (Å²) in [6, 6.07) is 0. The van der Waals surface area contributed by atoms with Crippen molar-refractivity contribution in [1.82, 2.24) is 5.32 Å². The van der Waals surface area contributed by atoms with Gasteiger partial charge in [-0.25, -0.2) is 0 Å². The number of nitrogens with one attached hydrogen (secondary N) is 1. The zero-order valence-corrected chi connectivity index (χ0v) is 9.65. The Bertz CT molecular complexity index is 362. The summed E-state index contributed by atoms with van der Waals surface area (Å²) in [6.45, 7) is 0. The van der Waals surface area contributed by atoms with Crippen molar-refractivity contribution >= 4 is 39.3 Å². The highest BCUT2D eigenvalue weighted by molar-refractivity contribution is 9.09. The Labute approximate surface area is 94.1 Å². The second kappa shape index (κ2) is 3.90. The number of ketones is 2. The van der Waals surface area contributed by atoms with Gasteiger partial charge in [-0.15, -0.1) is 0 Å². The van der Waals surface area contributed by atoms with Gasteiger partial charge in [-0.3, -0.25) is 9.59 Å². The van der Waals surface area contributed by atoms with E-state index >= 15 is 0 Å². The van der Waals surface area contributed by atoms with Crippen LogP contribution in [-0.2, 0) is 9.59 Å². The fourth-order valence-electron chi connectivity index (χ4n) is 1.34. The highest BCUT2D eigenvalue weighted by Crippen LogP contribution is 2.35. The Hall–Kier alpha value is -0.550. The molecule has 2 aliphatic rings. The van der Waals surface area contributed by atoms with E-state index in [1.54, 1.807) is 12.2 Å². The van der Waals surface area contributed by atoms with E-state index in [1.807, 2.05) is 0 Å². The van der Waals surface area contributed by atoms with Crippen molar-refractivity contribution in [2.24, 2.45) is 0 Å². The van der Waals surface area contributed by atoms with Gasteiger partial charge in [0.25, 0.3) is 0 Å². The second-order valence-corrected chi connectivity index (χ2v) is 4.82. The van der Waals surface area contributed by atoms with Crippen LogP contribution in [0.1, 0.15) is 6.42 Å². The van der Waals surface area contributed by atoms with E-state index in [9.17, 15) is 9.59 Å². The zero-order valence-electron chi connectivity index (χ0n) is 7.25. The lowest BCUT2D eigenvalue weighted by molar-refractivity contribution is -0.116. The molecule has 1 aliphatic carbocycles. The molecule has 0 aromatic rings. The Morgan fingerprint density at radius 1 is 1.64 bits per heavy atom. The van der Waals surface area contributed by atoms with Crippen LogP contribution < -0.4 is 5.32 Å². The predicted molar refractivity (Wildman–Crippen MR) is 59.1 cm³/mol. The van der Waals surface area contributed by atoms with Crippen LogP contribution in [0.3, 0.4) is 0 Å². The number of carbonyl (C=O) groups excluding carboxylic acids is 2. The molecule has 74 valence electrons. The minimum Gasteiger partial charge on any atom is -0.366 e. The van der Waals surface area contributed by atoms with Crippen LogP contribution >= 0.6 is 27.7 Å². The number of rotatable bonds is 2. The van der Waals surface area contributed by atoms with Crippen molar-refractivity contribution in [1.29, 1.82) is 0 Å². The highest BCUT2D eigenvalue weighted by atomic mass is 79.9. The fourth-order valence-corrected chi connectivity index (χ4v) is 3.05. The molecule has 1 unspecified atom stereocenters. The van der Waals surface area contributed by atoms with Gasteiger partial charge >= 0.3 is 0 Å². The maximum atomic E-state index is 11.4. The van der Waals surface area contributed by atoms with Crippen LogP contribution in [0.25, 0.3) is 0 Å². The molecule has 0 radical (unpaired) electrons. The van der Waals surface area contributed by atoms with E-state index in [4.69, 9.17) is 0 Å². The molecule has 2 rings (SSSR count). The summed E-state index contributed by atoms with van der Waals surface area (Å²) in [5, 5.41) is 3.20. The number of hydrogen-bond acceptors (Lipinski definition) is 4. The van der Waals surface area contributed by atoms with Gasteiger partial charge in [-0.05, 0) is 12.2 Å². The third-order valence-corrected chi connectivity index (χ3v) is 3.86. The Balaban J connectivity index is 2.09. The van der Waals surface area contributed by atoms with Gasteiger partial charge < -0.3 is 5.32 Å². The third-order valence-electron chi connectivity index (χ3n) is 2.04. The third kappa shape index (κ3) is 1.79. The van der Waals surface area contributed by atoms with E-state index in [2.05, 4.69) is 21.2 Å². The minimum absolute atomic E-state index is 0.102. The summed E-state index contributed by atoms with van der Waals surface area (Å²) in [5.41, 5.74) is 0.925. The molecular formula is C9H8BrNO2S. The number of alkyl halides is 1. The molecule has 0 amide bonds. The lowest BCUT2D eigenvalue weighted by atomic mass is 10.1. The largest absolute Gasteiger partial charge is 0.366 e. The molecule has 0 bridgehead atoms. The quantitative estimate of drug-likeness (QED) is 0.772. The molecule has 0 saturated heterocycles. The van der Waals surface area contributed by atoms with Crippen molar-refractivity contribution in [3.63, 3.8) is 0 Å². The summed E-state index contributed by atoms with van der Waals surface area (Å²) in [6.07, 6.45) is 3.72. The molecule has 1 N–H and O–H groups in total. The van der Waals surface area contributed by atoms with Crippen molar-refractivity contribution in [2.75, 3.05) is 5.33 Å². The van der Waals surface area contributed by atoms with Crippen LogP contribution in [0.4, 0.5) is 0 Å². The Morgan fingerprint density at radius 2 is 2.43 bits per heavy atom. The summed E-state index contributed by atoms with van der Waals surface area (Å²) in [4.78, 5) is 23.5. The minimum atomic E-state index is -0.227. The summed E-state index contributed by atoms with van der Waals surface area (Å²) in [7, 11) is 0. The molecule has 14 heavy (non-hydrogen) atoms. The van der Waals surface area contributed by atoms with E-state index in [0.29, 0.717) is 11.8 Å². The molecule has 0 fully saturated rings. The first-order valence-electron chi connectivity index (χ1n) is 4.16. The first kappa shape index (κ1) is 9.98. The van der Waals surface area contributed by atoms with Crippen molar-refractivity contribution < 1.29 is 9.59 Å². The van der Waals surface area contributed by atoms with E-state index < -0.39 is 0 Å². The van der Waals surface area contributed by atoms with Crippen LogP contribution in [0.15, 0.2) is 22.8 Å². The average Bonchev–Trinajstić information content (AvgIpc) is 2.59. The van der Waals surface area contributed by atoms with Gasteiger partial charge in [-0.2, -0.15) is 0 Å². The average molecular weight is 274 g/mol. The van der Waals surface area contributed by atoms with Gasteiger partial charge in [0, 0.05) is 17.0 Å². The Kier molecular flexibility index (Phi) is 2.78. The molecule has 1 aliphatic heterocycles. The topological polar surface area (TPSA) is 46.2 Å². The monoisotopic (exact) mass is 273 g/mol. The molecule has 1 atom stereocenters. The lowest BCUT2D eigenvalue weighted by Gasteiger charge is -2.07. The highest BCUT2D eigenvalue weighted by Gasteiger charge is 2.30. The Morgan fingerprint density at radius 3 is 3.14 bits per heavy atom. The van der Waals surface area contributed by atoms with Crippen LogP contribution in [0, 0.1) is 0 Å². The molecule has 0 spiro atoms. The maximum Gasteiger partial charge on any atom is 0.176 e. The fraction of sp³-hybridized carbons (Fsp3) is 0.333. The molecule has 0 aromatic carbocycles. The summed E-state index contributed by atoms with van der Waals surface area (Å²) >= 11 is 4.58. The molecule has 3 nitrogen and oxygen atoms in total. The number of carbonyl (C=O) groups is 2. The molecule has 0 aromatic heterocycles. The molecule has 1 heterocycles. The standard InChI is InChI=1S/C9H8BrNO2S/c10-4-7(13)9-11-6-2-1-5(12)3-8(6)14-9/h1-2,9,11H,3-4H2. The SMILES string of the molecule is O=C1C=CC2=C(C1)SC(C(=O)CBr)N2. The number of hydrogen-bond donors (Lipinski definition) is 1.